The van der Waals surface area contributed by atoms with Gasteiger partial charge in [0, 0.05) is 25.7 Å². The van der Waals surface area contributed by atoms with Crippen molar-refractivity contribution in [3.63, 3.8) is 0 Å². The Bertz CT molecular complexity index is 430. The third-order valence-electron chi connectivity index (χ3n) is 5.12. The van der Waals surface area contributed by atoms with Gasteiger partial charge in [0.2, 0.25) is 0 Å². The van der Waals surface area contributed by atoms with Gasteiger partial charge in [-0.1, -0.05) is 12.8 Å². The van der Waals surface area contributed by atoms with Crippen LogP contribution in [0.4, 0.5) is 0 Å². The van der Waals surface area contributed by atoms with E-state index >= 15 is 0 Å². The number of nitrogens with zero attached hydrogens (tertiary/aromatic N) is 1. The van der Waals surface area contributed by atoms with Crippen LogP contribution in [0.5, 0.6) is 0 Å². The number of nitrogens with one attached hydrogen (secondary N) is 2. The summed E-state index contributed by atoms with van der Waals surface area (Å²) in [6, 6.07) is 0.706. The Hall–Kier alpha value is -0.170. The van der Waals surface area contributed by atoms with Gasteiger partial charge in [-0.15, -0.1) is 0 Å². The Labute approximate surface area is 129 Å². The molecule has 5 nitrogen and oxygen atoms in total. The summed E-state index contributed by atoms with van der Waals surface area (Å²) < 4.78 is 29.4. The van der Waals surface area contributed by atoms with E-state index in [1.54, 1.807) is 4.31 Å². The van der Waals surface area contributed by atoms with E-state index in [1.807, 2.05) is 0 Å². The van der Waals surface area contributed by atoms with E-state index in [4.69, 9.17) is 0 Å². The molecule has 0 bridgehead atoms. The summed E-state index contributed by atoms with van der Waals surface area (Å²) in [4.78, 5) is 0. The van der Waals surface area contributed by atoms with Gasteiger partial charge < -0.3 is 5.32 Å². The minimum Gasteiger partial charge on any atom is -0.314 e. The molecule has 2 N–H and O–H groups in total. The maximum absolute atomic E-state index is 12.4. The summed E-state index contributed by atoms with van der Waals surface area (Å²) in [7, 11) is -3.27. The molecule has 6 heteroatoms. The second kappa shape index (κ2) is 6.94. The predicted molar refractivity (Wildman–Crippen MR) is 84.2 cm³/mol. The molecule has 0 aromatic rings. The summed E-state index contributed by atoms with van der Waals surface area (Å²) in [6.45, 7) is 2.96. The normalized spacial score (nSPS) is 29.0. The third kappa shape index (κ3) is 4.65. The van der Waals surface area contributed by atoms with Crippen molar-refractivity contribution >= 4 is 10.2 Å². The van der Waals surface area contributed by atoms with Gasteiger partial charge in [-0.25, -0.2) is 4.72 Å². The molecule has 0 aromatic carbocycles. The Morgan fingerprint density at radius 2 is 1.62 bits per heavy atom. The molecule has 1 atom stereocenters. The zero-order valence-corrected chi connectivity index (χ0v) is 13.7. The van der Waals surface area contributed by atoms with Gasteiger partial charge in [-0.2, -0.15) is 12.7 Å². The molecule has 2 saturated carbocycles. The minimum absolute atomic E-state index is 0.474. The molecule has 2 aliphatic carbocycles. The van der Waals surface area contributed by atoms with Crippen LogP contribution in [0, 0.1) is 11.8 Å². The molecule has 21 heavy (non-hydrogen) atoms. The fraction of sp³-hybridized carbons (Fsp3) is 1.00. The van der Waals surface area contributed by atoms with Gasteiger partial charge in [0.25, 0.3) is 10.2 Å². The highest BCUT2D eigenvalue weighted by Crippen LogP contribution is 2.25. The zero-order chi connectivity index (χ0) is 14.7. The largest absolute Gasteiger partial charge is 0.314 e. The molecule has 0 spiro atoms. The topological polar surface area (TPSA) is 61.4 Å². The summed E-state index contributed by atoms with van der Waals surface area (Å²) in [5, 5.41) is 3.53. The highest BCUT2D eigenvalue weighted by Gasteiger charge is 2.30. The molecular weight excluding hydrogens is 286 g/mol. The molecule has 3 aliphatic rings. The lowest BCUT2D eigenvalue weighted by atomic mass is 10.00. The van der Waals surface area contributed by atoms with Gasteiger partial charge in [-0.3, -0.25) is 0 Å². The second-order valence-electron chi connectivity index (χ2n) is 7.05. The Morgan fingerprint density at radius 1 is 0.905 bits per heavy atom. The average molecular weight is 315 g/mol. The van der Waals surface area contributed by atoms with Crippen LogP contribution in [0.1, 0.15) is 51.4 Å². The molecule has 122 valence electrons. The summed E-state index contributed by atoms with van der Waals surface area (Å²) in [5.74, 6) is 1.03. The fourth-order valence-electron chi connectivity index (χ4n) is 3.56. The van der Waals surface area contributed by atoms with Crippen LogP contribution >= 0.6 is 0 Å². The van der Waals surface area contributed by atoms with Crippen molar-refractivity contribution in [3.8, 4) is 0 Å². The van der Waals surface area contributed by atoms with E-state index in [0.29, 0.717) is 37.5 Å². The number of piperidine rings is 1. The van der Waals surface area contributed by atoms with Crippen molar-refractivity contribution in [1.29, 1.82) is 0 Å². The van der Waals surface area contributed by atoms with E-state index in [9.17, 15) is 8.42 Å². The number of hydrogen-bond donors (Lipinski definition) is 2. The first-order chi connectivity index (χ1) is 10.1. The molecule has 1 aliphatic heterocycles. The van der Waals surface area contributed by atoms with Crippen LogP contribution in [-0.2, 0) is 10.2 Å². The molecular formula is C15H29N3O2S. The third-order valence-corrected chi connectivity index (χ3v) is 6.67. The van der Waals surface area contributed by atoms with E-state index in [1.165, 1.54) is 38.5 Å². The summed E-state index contributed by atoms with van der Waals surface area (Å²) >= 11 is 0. The lowest BCUT2D eigenvalue weighted by molar-refractivity contribution is 0.256. The molecule has 1 heterocycles. The van der Waals surface area contributed by atoms with Crippen molar-refractivity contribution in [3.05, 3.63) is 0 Å². The van der Waals surface area contributed by atoms with Crippen LogP contribution in [0.15, 0.2) is 0 Å². The lowest BCUT2D eigenvalue weighted by Crippen LogP contribution is -2.48. The first kappa shape index (κ1) is 15.7. The monoisotopic (exact) mass is 315 g/mol. The van der Waals surface area contributed by atoms with Gasteiger partial charge >= 0.3 is 0 Å². The zero-order valence-electron chi connectivity index (χ0n) is 12.9. The molecule has 0 amide bonds. The standard InChI is InChI=1S/C15H29N3O2S/c19-21(20,17-11-13-4-1-2-5-13)18-9-3-6-14(12-18)10-16-15-7-8-15/h13-17H,1-12H2. The maximum atomic E-state index is 12.4. The van der Waals surface area contributed by atoms with E-state index < -0.39 is 10.2 Å². The molecule has 3 fully saturated rings. The maximum Gasteiger partial charge on any atom is 0.279 e. The Balaban J connectivity index is 1.46. The predicted octanol–water partition coefficient (Wildman–Crippen LogP) is 1.47. The van der Waals surface area contributed by atoms with Crippen LogP contribution in [0.25, 0.3) is 0 Å². The van der Waals surface area contributed by atoms with Crippen molar-refractivity contribution in [2.45, 2.75) is 57.4 Å². The van der Waals surface area contributed by atoms with Gasteiger partial charge in [-0.05, 0) is 56.9 Å². The minimum atomic E-state index is -3.27. The van der Waals surface area contributed by atoms with Crippen LogP contribution < -0.4 is 10.0 Å². The van der Waals surface area contributed by atoms with Crippen molar-refractivity contribution < 1.29 is 8.42 Å². The van der Waals surface area contributed by atoms with E-state index in [0.717, 1.165) is 19.4 Å². The summed E-state index contributed by atoms with van der Waals surface area (Å²) in [5.41, 5.74) is 0. The van der Waals surface area contributed by atoms with Crippen molar-refractivity contribution in [1.82, 2.24) is 14.3 Å². The molecule has 3 rings (SSSR count). The van der Waals surface area contributed by atoms with Crippen molar-refractivity contribution in [2.75, 3.05) is 26.2 Å². The van der Waals surface area contributed by atoms with E-state index in [-0.39, 0.29) is 0 Å². The van der Waals surface area contributed by atoms with Gasteiger partial charge in [0.15, 0.2) is 0 Å². The van der Waals surface area contributed by atoms with Crippen LogP contribution in [-0.4, -0.2) is 44.9 Å². The molecule has 1 unspecified atom stereocenters. The highest BCUT2D eigenvalue weighted by molar-refractivity contribution is 7.87. The SMILES string of the molecule is O=S(=O)(NCC1CCCC1)N1CCCC(CNC2CC2)C1. The highest BCUT2D eigenvalue weighted by atomic mass is 32.2. The summed E-state index contributed by atoms with van der Waals surface area (Å²) in [6.07, 6.45) is 9.58. The first-order valence-electron chi connectivity index (χ1n) is 8.61. The Morgan fingerprint density at radius 3 is 2.33 bits per heavy atom. The Kier molecular flexibility index (Phi) is 5.19. The average Bonchev–Trinajstić information content (AvgIpc) is 3.17. The smallest absolute Gasteiger partial charge is 0.279 e. The molecule has 0 aromatic heterocycles. The number of rotatable bonds is 7. The van der Waals surface area contributed by atoms with Crippen molar-refractivity contribution in [2.24, 2.45) is 11.8 Å². The lowest BCUT2D eigenvalue weighted by Gasteiger charge is -2.32. The molecule has 1 saturated heterocycles. The fourth-order valence-corrected chi connectivity index (χ4v) is 4.97. The first-order valence-corrected chi connectivity index (χ1v) is 10.1. The van der Waals surface area contributed by atoms with Crippen LogP contribution in [0.2, 0.25) is 0 Å². The van der Waals surface area contributed by atoms with Crippen LogP contribution in [0.3, 0.4) is 0 Å². The molecule has 0 radical (unpaired) electrons. The number of hydrogen-bond acceptors (Lipinski definition) is 3. The van der Waals surface area contributed by atoms with E-state index in [2.05, 4.69) is 10.0 Å². The quantitative estimate of drug-likeness (QED) is 0.748. The van der Waals surface area contributed by atoms with Gasteiger partial charge in [0.05, 0.1) is 0 Å². The second-order valence-corrected chi connectivity index (χ2v) is 8.81. The van der Waals surface area contributed by atoms with Gasteiger partial charge in [0.1, 0.15) is 0 Å².